The Morgan fingerprint density at radius 2 is 2.40 bits per heavy atom. The highest BCUT2D eigenvalue weighted by atomic mass is 32.1. The molecule has 6 heteroatoms. The van der Waals surface area contributed by atoms with Gasteiger partial charge in [-0.05, 0) is 19.3 Å². The first kappa shape index (κ1) is 14.4. The Labute approximate surface area is 123 Å². The van der Waals surface area contributed by atoms with Crippen LogP contribution in [0, 0.1) is 0 Å². The SMILES string of the molecule is O[C@@]1(CNCCc2nc3c(s2)CCC3)CNCCOC1. The van der Waals surface area contributed by atoms with Crippen molar-refractivity contribution in [3.8, 4) is 0 Å². The Hall–Kier alpha value is -0.530. The Morgan fingerprint density at radius 3 is 3.30 bits per heavy atom. The van der Waals surface area contributed by atoms with E-state index in [0.29, 0.717) is 26.3 Å². The van der Waals surface area contributed by atoms with Crippen LogP contribution in [0.15, 0.2) is 0 Å². The van der Waals surface area contributed by atoms with Gasteiger partial charge in [-0.25, -0.2) is 4.98 Å². The quantitative estimate of drug-likeness (QED) is 0.674. The summed E-state index contributed by atoms with van der Waals surface area (Å²) in [5.41, 5.74) is 0.534. The van der Waals surface area contributed by atoms with Crippen LogP contribution < -0.4 is 10.6 Å². The number of aliphatic hydroxyl groups is 1. The van der Waals surface area contributed by atoms with Crippen molar-refractivity contribution >= 4 is 11.3 Å². The van der Waals surface area contributed by atoms with Gasteiger partial charge in [0.25, 0.3) is 0 Å². The second kappa shape index (κ2) is 6.49. The average Bonchev–Trinajstić information content (AvgIpc) is 2.93. The van der Waals surface area contributed by atoms with E-state index in [1.54, 1.807) is 0 Å². The highest BCUT2D eigenvalue weighted by Gasteiger charge is 2.28. The zero-order chi connectivity index (χ0) is 13.8. The van der Waals surface area contributed by atoms with Gasteiger partial charge in [-0.1, -0.05) is 0 Å². The van der Waals surface area contributed by atoms with E-state index in [0.717, 1.165) is 25.9 Å². The van der Waals surface area contributed by atoms with Gasteiger partial charge in [0.05, 0.1) is 23.9 Å². The molecule has 20 heavy (non-hydrogen) atoms. The third-order valence-corrected chi connectivity index (χ3v) is 5.07. The Bertz CT molecular complexity index is 420. The summed E-state index contributed by atoms with van der Waals surface area (Å²) >= 11 is 1.86. The van der Waals surface area contributed by atoms with Crippen LogP contribution in [0.1, 0.15) is 22.0 Å². The topological polar surface area (TPSA) is 66.4 Å². The molecule has 1 fully saturated rings. The Balaban J connectivity index is 1.41. The molecule has 0 amide bonds. The van der Waals surface area contributed by atoms with Crippen molar-refractivity contribution in [1.29, 1.82) is 0 Å². The molecule has 0 bridgehead atoms. The second-order valence-corrected chi connectivity index (χ2v) is 6.88. The van der Waals surface area contributed by atoms with Gasteiger partial charge in [0.1, 0.15) is 5.60 Å². The minimum Gasteiger partial charge on any atom is -0.385 e. The maximum atomic E-state index is 10.4. The largest absolute Gasteiger partial charge is 0.385 e. The van der Waals surface area contributed by atoms with E-state index < -0.39 is 5.60 Å². The average molecular weight is 297 g/mol. The fraction of sp³-hybridized carbons (Fsp3) is 0.786. The summed E-state index contributed by atoms with van der Waals surface area (Å²) in [4.78, 5) is 6.17. The van der Waals surface area contributed by atoms with E-state index >= 15 is 0 Å². The maximum absolute atomic E-state index is 10.4. The Morgan fingerprint density at radius 1 is 1.45 bits per heavy atom. The fourth-order valence-electron chi connectivity index (χ4n) is 2.76. The van der Waals surface area contributed by atoms with Gasteiger partial charge in [0, 0.05) is 37.5 Å². The van der Waals surface area contributed by atoms with Gasteiger partial charge in [-0.3, -0.25) is 0 Å². The van der Waals surface area contributed by atoms with Crippen LogP contribution in [0.2, 0.25) is 0 Å². The number of nitrogens with zero attached hydrogens (tertiary/aromatic N) is 1. The smallest absolute Gasteiger partial charge is 0.113 e. The van der Waals surface area contributed by atoms with Gasteiger partial charge in [-0.15, -0.1) is 11.3 Å². The molecule has 0 aromatic carbocycles. The molecule has 1 aliphatic heterocycles. The second-order valence-electron chi connectivity index (χ2n) is 5.71. The molecular weight excluding hydrogens is 274 g/mol. The van der Waals surface area contributed by atoms with Gasteiger partial charge < -0.3 is 20.5 Å². The zero-order valence-corrected chi connectivity index (χ0v) is 12.6. The number of hydrogen-bond acceptors (Lipinski definition) is 6. The van der Waals surface area contributed by atoms with Gasteiger partial charge >= 0.3 is 0 Å². The normalized spacial score (nSPS) is 26.4. The van der Waals surface area contributed by atoms with Crippen LogP contribution in [-0.2, 0) is 24.0 Å². The lowest BCUT2D eigenvalue weighted by molar-refractivity contribution is -0.0260. The predicted octanol–water partition coefficient (Wildman–Crippen LogP) is 0.115. The maximum Gasteiger partial charge on any atom is 0.113 e. The number of aryl methyl sites for hydroxylation is 2. The molecule has 2 aliphatic rings. The lowest BCUT2D eigenvalue weighted by atomic mass is 10.1. The minimum atomic E-state index is -0.791. The summed E-state index contributed by atoms with van der Waals surface area (Å²) in [5, 5.41) is 18.1. The highest BCUT2D eigenvalue weighted by Crippen LogP contribution is 2.27. The number of thiazole rings is 1. The molecule has 112 valence electrons. The van der Waals surface area contributed by atoms with Crippen molar-refractivity contribution in [3.63, 3.8) is 0 Å². The summed E-state index contributed by atoms with van der Waals surface area (Å²) in [6.07, 6.45) is 4.58. The van der Waals surface area contributed by atoms with Crippen molar-refractivity contribution in [2.24, 2.45) is 0 Å². The molecule has 5 nitrogen and oxygen atoms in total. The molecule has 0 unspecified atom stereocenters. The van der Waals surface area contributed by atoms with E-state index in [4.69, 9.17) is 4.74 Å². The summed E-state index contributed by atoms with van der Waals surface area (Å²) in [5.74, 6) is 0. The number of nitrogens with one attached hydrogen (secondary N) is 2. The summed E-state index contributed by atoms with van der Waals surface area (Å²) in [6, 6.07) is 0. The third kappa shape index (κ3) is 3.56. The summed E-state index contributed by atoms with van der Waals surface area (Å²) in [6.45, 7) is 3.89. The number of hydrogen-bond donors (Lipinski definition) is 3. The monoisotopic (exact) mass is 297 g/mol. The first-order chi connectivity index (χ1) is 9.75. The van der Waals surface area contributed by atoms with E-state index in [9.17, 15) is 5.11 Å². The lowest BCUT2D eigenvalue weighted by Gasteiger charge is -2.26. The molecule has 0 spiro atoms. The molecule has 1 saturated heterocycles. The summed E-state index contributed by atoms with van der Waals surface area (Å²) in [7, 11) is 0. The number of fused-ring (bicyclic) bond motifs is 1. The molecular formula is C14H23N3O2S. The van der Waals surface area contributed by atoms with Crippen molar-refractivity contribution in [2.75, 3.05) is 39.4 Å². The molecule has 3 rings (SSSR count). The fourth-order valence-corrected chi connectivity index (χ4v) is 3.92. The van der Waals surface area contributed by atoms with E-state index in [1.807, 2.05) is 11.3 Å². The molecule has 0 saturated carbocycles. The van der Waals surface area contributed by atoms with Crippen LogP contribution in [0.3, 0.4) is 0 Å². The van der Waals surface area contributed by atoms with Crippen LogP contribution in [0.4, 0.5) is 0 Å². The molecule has 1 aromatic rings. The van der Waals surface area contributed by atoms with Gasteiger partial charge in [-0.2, -0.15) is 0 Å². The number of β-amino-alcohol motifs (C(OH)–C–C–N with tert-alkyl or cyclic N) is 1. The summed E-state index contributed by atoms with van der Waals surface area (Å²) < 4.78 is 5.40. The van der Waals surface area contributed by atoms with E-state index in [2.05, 4.69) is 15.6 Å². The minimum absolute atomic E-state index is 0.401. The Kier molecular flexibility index (Phi) is 4.68. The van der Waals surface area contributed by atoms with Crippen molar-refractivity contribution in [1.82, 2.24) is 15.6 Å². The first-order valence-electron chi connectivity index (χ1n) is 7.44. The van der Waals surface area contributed by atoms with Crippen LogP contribution >= 0.6 is 11.3 Å². The van der Waals surface area contributed by atoms with Crippen molar-refractivity contribution < 1.29 is 9.84 Å². The molecule has 2 heterocycles. The van der Waals surface area contributed by atoms with Crippen LogP contribution in [-0.4, -0.2) is 55.1 Å². The molecule has 3 N–H and O–H groups in total. The number of rotatable bonds is 5. The predicted molar refractivity (Wildman–Crippen MR) is 79.4 cm³/mol. The van der Waals surface area contributed by atoms with E-state index in [-0.39, 0.29) is 0 Å². The molecule has 1 aliphatic carbocycles. The molecule has 0 radical (unpaired) electrons. The molecule has 1 atom stereocenters. The number of aromatic nitrogens is 1. The van der Waals surface area contributed by atoms with Crippen LogP contribution in [0.5, 0.6) is 0 Å². The van der Waals surface area contributed by atoms with E-state index in [1.165, 1.54) is 28.4 Å². The zero-order valence-electron chi connectivity index (χ0n) is 11.8. The van der Waals surface area contributed by atoms with Crippen molar-refractivity contribution in [3.05, 3.63) is 15.6 Å². The highest BCUT2D eigenvalue weighted by molar-refractivity contribution is 7.11. The lowest BCUT2D eigenvalue weighted by Crippen LogP contribution is -2.50. The van der Waals surface area contributed by atoms with Gasteiger partial charge in [0.2, 0.25) is 0 Å². The van der Waals surface area contributed by atoms with Gasteiger partial charge in [0.15, 0.2) is 0 Å². The molecule has 1 aromatic heterocycles. The number of ether oxygens (including phenoxy) is 1. The first-order valence-corrected chi connectivity index (χ1v) is 8.26. The van der Waals surface area contributed by atoms with Crippen molar-refractivity contribution in [2.45, 2.75) is 31.3 Å². The third-order valence-electron chi connectivity index (χ3n) is 3.86. The standard InChI is InChI=1S/C14H23N3O2S/c18-14(9-16-6-7-19-10-14)8-15-5-4-13-17-11-2-1-3-12(11)20-13/h15-16,18H,1-10H2/t14-/m0/s1. The van der Waals surface area contributed by atoms with Crippen LogP contribution in [0.25, 0.3) is 0 Å².